The minimum atomic E-state index is -1.18. The van der Waals surface area contributed by atoms with Crippen molar-refractivity contribution in [2.24, 2.45) is 0 Å². The lowest BCUT2D eigenvalue weighted by molar-refractivity contribution is 0.0654. The highest BCUT2D eigenvalue weighted by atomic mass is 16.6. The number of para-hydroxylation sites is 1. The van der Waals surface area contributed by atoms with Crippen molar-refractivity contribution in [3.8, 4) is 11.5 Å². The van der Waals surface area contributed by atoms with Crippen molar-refractivity contribution < 1.29 is 28.9 Å². The number of benzene rings is 1. The number of furan rings is 1. The molecular formula is C14H12O6. The summed E-state index contributed by atoms with van der Waals surface area (Å²) < 4.78 is 16.0. The van der Waals surface area contributed by atoms with Gasteiger partial charge in [0.1, 0.15) is 25.1 Å². The Hall–Kier alpha value is -2.47. The van der Waals surface area contributed by atoms with Crippen LogP contribution >= 0.6 is 0 Å². The minimum absolute atomic E-state index is 0.143. The minimum Gasteiger partial charge on any atom is -0.486 e. The molecule has 1 aromatic carbocycles. The maximum Gasteiger partial charge on any atom is 0.371 e. The highest BCUT2D eigenvalue weighted by Crippen LogP contribution is 2.39. The molecule has 1 aliphatic heterocycles. The molecule has 1 unspecified atom stereocenters. The molecule has 0 saturated carbocycles. The van der Waals surface area contributed by atoms with E-state index in [1.807, 2.05) is 0 Å². The van der Waals surface area contributed by atoms with Crippen molar-refractivity contribution in [2.45, 2.75) is 6.10 Å². The molecule has 3 rings (SSSR count). The third-order valence-electron chi connectivity index (χ3n) is 3.00. The third-order valence-corrected chi connectivity index (χ3v) is 3.00. The van der Waals surface area contributed by atoms with E-state index < -0.39 is 12.1 Å². The predicted molar refractivity (Wildman–Crippen MR) is 67.2 cm³/mol. The fourth-order valence-electron chi connectivity index (χ4n) is 2.08. The van der Waals surface area contributed by atoms with Crippen molar-refractivity contribution in [1.82, 2.24) is 0 Å². The van der Waals surface area contributed by atoms with Gasteiger partial charge in [0.25, 0.3) is 0 Å². The maximum atomic E-state index is 10.8. The molecule has 0 saturated heterocycles. The number of aliphatic hydroxyl groups excluding tert-OH is 1. The summed E-state index contributed by atoms with van der Waals surface area (Å²) >= 11 is 0. The van der Waals surface area contributed by atoms with E-state index in [1.165, 1.54) is 12.1 Å². The van der Waals surface area contributed by atoms with Crippen molar-refractivity contribution >= 4 is 5.97 Å². The van der Waals surface area contributed by atoms with E-state index in [0.717, 1.165) is 0 Å². The maximum absolute atomic E-state index is 10.8. The van der Waals surface area contributed by atoms with Crippen molar-refractivity contribution in [3.05, 3.63) is 47.4 Å². The molecule has 0 amide bonds. The Balaban J connectivity index is 1.97. The quantitative estimate of drug-likeness (QED) is 0.889. The number of aromatic carboxylic acids is 1. The van der Waals surface area contributed by atoms with Crippen LogP contribution in [-0.4, -0.2) is 29.4 Å². The molecule has 0 spiro atoms. The summed E-state index contributed by atoms with van der Waals surface area (Å²) in [4.78, 5) is 10.8. The lowest BCUT2D eigenvalue weighted by atomic mass is 10.1. The molecule has 6 nitrogen and oxygen atoms in total. The molecule has 20 heavy (non-hydrogen) atoms. The first kappa shape index (κ1) is 12.6. The summed E-state index contributed by atoms with van der Waals surface area (Å²) in [5, 5.41) is 19.1. The van der Waals surface area contributed by atoms with E-state index >= 15 is 0 Å². The fourth-order valence-corrected chi connectivity index (χ4v) is 2.08. The Morgan fingerprint density at radius 3 is 2.70 bits per heavy atom. The average molecular weight is 276 g/mol. The molecule has 0 radical (unpaired) electrons. The van der Waals surface area contributed by atoms with Gasteiger partial charge >= 0.3 is 5.97 Å². The number of hydrogen-bond acceptors (Lipinski definition) is 5. The Bertz CT molecular complexity index is 645. The number of fused-ring (bicyclic) bond motifs is 1. The standard InChI is InChI=1S/C14H12O6/c15-12(9-4-5-11(20-9)14(16)17)8-2-1-3-10-13(8)19-7-6-18-10/h1-5,12,15H,6-7H2,(H,16,17). The van der Waals surface area contributed by atoms with Gasteiger partial charge in [-0.3, -0.25) is 0 Å². The van der Waals surface area contributed by atoms with Gasteiger partial charge in [-0.15, -0.1) is 0 Å². The van der Waals surface area contributed by atoms with E-state index in [0.29, 0.717) is 30.3 Å². The Kier molecular flexibility index (Phi) is 3.08. The average Bonchev–Trinajstić information content (AvgIpc) is 2.96. The normalized spacial score (nSPS) is 14.8. The zero-order chi connectivity index (χ0) is 14.1. The second-order valence-corrected chi connectivity index (χ2v) is 4.28. The van der Waals surface area contributed by atoms with Crippen LogP contribution in [0.1, 0.15) is 28.0 Å². The molecule has 0 bridgehead atoms. The molecule has 0 fully saturated rings. The largest absolute Gasteiger partial charge is 0.486 e. The molecule has 1 atom stereocenters. The Morgan fingerprint density at radius 1 is 1.15 bits per heavy atom. The Morgan fingerprint density at radius 2 is 1.95 bits per heavy atom. The first-order chi connectivity index (χ1) is 9.66. The molecule has 6 heteroatoms. The van der Waals surface area contributed by atoms with Crippen LogP contribution in [0.2, 0.25) is 0 Å². The molecule has 2 heterocycles. The van der Waals surface area contributed by atoms with Crippen molar-refractivity contribution in [1.29, 1.82) is 0 Å². The van der Waals surface area contributed by atoms with Gasteiger partial charge in [0.05, 0.1) is 0 Å². The summed E-state index contributed by atoms with van der Waals surface area (Å²) in [6.07, 6.45) is -1.11. The smallest absolute Gasteiger partial charge is 0.371 e. The molecule has 1 aromatic heterocycles. The first-order valence-electron chi connectivity index (χ1n) is 6.06. The topological polar surface area (TPSA) is 89.1 Å². The number of carboxylic acids is 1. The second kappa shape index (κ2) is 4.90. The van der Waals surface area contributed by atoms with E-state index in [1.54, 1.807) is 18.2 Å². The summed E-state index contributed by atoms with van der Waals surface area (Å²) in [6, 6.07) is 7.88. The van der Waals surface area contributed by atoms with E-state index in [2.05, 4.69) is 0 Å². The molecule has 1 aliphatic rings. The molecule has 2 N–H and O–H groups in total. The number of hydrogen-bond donors (Lipinski definition) is 2. The molecule has 104 valence electrons. The van der Waals surface area contributed by atoms with Crippen LogP contribution in [0.4, 0.5) is 0 Å². The SMILES string of the molecule is O=C(O)c1ccc(C(O)c2cccc3c2OCCO3)o1. The number of carboxylic acid groups (broad SMARTS) is 1. The number of ether oxygens (including phenoxy) is 2. The van der Waals surface area contributed by atoms with Gasteiger partial charge in [0.15, 0.2) is 11.5 Å². The lowest BCUT2D eigenvalue weighted by Crippen LogP contribution is -2.17. The van der Waals surface area contributed by atoms with Gasteiger partial charge in [0, 0.05) is 5.56 Å². The lowest BCUT2D eigenvalue weighted by Gasteiger charge is -2.22. The van der Waals surface area contributed by atoms with Gasteiger partial charge in [-0.1, -0.05) is 12.1 Å². The molecular weight excluding hydrogens is 264 g/mol. The van der Waals surface area contributed by atoms with Gasteiger partial charge in [-0.05, 0) is 18.2 Å². The van der Waals surface area contributed by atoms with Crippen LogP contribution in [0.5, 0.6) is 11.5 Å². The third kappa shape index (κ3) is 2.10. The van der Waals surface area contributed by atoms with Gasteiger partial charge in [-0.25, -0.2) is 4.79 Å². The summed E-state index contributed by atoms with van der Waals surface area (Å²) in [5.74, 6) is -0.249. The molecule has 2 aromatic rings. The summed E-state index contributed by atoms with van der Waals surface area (Å²) in [5.41, 5.74) is 0.480. The number of rotatable bonds is 3. The van der Waals surface area contributed by atoms with Crippen LogP contribution in [-0.2, 0) is 0 Å². The van der Waals surface area contributed by atoms with Crippen molar-refractivity contribution in [3.63, 3.8) is 0 Å². The van der Waals surface area contributed by atoms with E-state index in [-0.39, 0.29) is 11.5 Å². The molecule has 0 aliphatic carbocycles. The van der Waals surface area contributed by atoms with Crippen LogP contribution in [0.3, 0.4) is 0 Å². The van der Waals surface area contributed by atoms with Gasteiger partial charge in [0.2, 0.25) is 5.76 Å². The summed E-state index contributed by atoms with van der Waals surface area (Å²) in [7, 11) is 0. The predicted octanol–water partition coefficient (Wildman–Crippen LogP) is 1.83. The second-order valence-electron chi connectivity index (χ2n) is 4.28. The number of carbonyl (C=O) groups is 1. The van der Waals surface area contributed by atoms with Crippen LogP contribution in [0.25, 0.3) is 0 Å². The number of aliphatic hydroxyl groups is 1. The zero-order valence-electron chi connectivity index (χ0n) is 10.4. The van der Waals surface area contributed by atoms with E-state index in [9.17, 15) is 9.90 Å². The fraction of sp³-hybridized carbons (Fsp3) is 0.214. The van der Waals surface area contributed by atoms with Gasteiger partial charge < -0.3 is 24.1 Å². The highest BCUT2D eigenvalue weighted by molar-refractivity contribution is 5.84. The van der Waals surface area contributed by atoms with E-state index in [4.69, 9.17) is 19.0 Å². The van der Waals surface area contributed by atoms with Crippen LogP contribution in [0, 0.1) is 0 Å². The van der Waals surface area contributed by atoms with Crippen LogP contribution < -0.4 is 9.47 Å². The van der Waals surface area contributed by atoms with Crippen molar-refractivity contribution in [2.75, 3.05) is 13.2 Å². The highest BCUT2D eigenvalue weighted by Gasteiger charge is 2.24. The van der Waals surface area contributed by atoms with Gasteiger partial charge in [-0.2, -0.15) is 0 Å². The first-order valence-corrected chi connectivity index (χ1v) is 6.06. The summed E-state index contributed by atoms with van der Waals surface area (Å²) in [6.45, 7) is 0.853. The monoisotopic (exact) mass is 276 g/mol. The zero-order valence-corrected chi connectivity index (χ0v) is 10.4. The van der Waals surface area contributed by atoms with Crippen LogP contribution in [0.15, 0.2) is 34.7 Å². The Labute approximate surface area is 114 Å².